The summed E-state index contributed by atoms with van der Waals surface area (Å²) >= 11 is 5.15. The number of fused-ring (bicyclic) bond motifs is 1. The van der Waals surface area contributed by atoms with Crippen molar-refractivity contribution in [2.45, 2.75) is 12.5 Å². The molecule has 4 heteroatoms. The van der Waals surface area contributed by atoms with Gasteiger partial charge in [0.2, 0.25) is 0 Å². The zero-order valence-electron chi connectivity index (χ0n) is 8.81. The Morgan fingerprint density at radius 2 is 2.24 bits per heavy atom. The fourth-order valence-corrected chi connectivity index (χ4v) is 3.43. The molecule has 2 aromatic rings. The average Bonchev–Trinajstić information content (AvgIpc) is 2.93. The van der Waals surface area contributed by atoms with Gasteiger partial charge < -0.3 is 4.74 Å². The van der Waals surface area contributed by atoms with E-state index in [0.29, 0.717) is 5.56 Å². The van der Waals surface area contributed by atoms with Gasteiger partial charge >= 0.3 is 0 Å². The molecule has 0 spiro atoms. The second-order valence-electron chi connectivity index (χ2n) is 3.89. The summed E-state index contributed by atoms with van der Waals surface area (Å²) < 4.78 is 7.00. The molecule has 17 heavy (non-hydrogen) atoms. The van der Waals surface area contributed by atoms with Crippen LogP contribution in [0.5, 0.6) is 5.75 Å². The summed E-state index contributed by atoms with van der Waals surface area (Å²) in [5.74, 6) is 0.901. The zero-order chi connectivity index (χ0) is 11.8. The number of hydrogen-bond acceptors (Lipinski definition) is 3. The fourth-order valence-electron chi connectivity index (χ4n) is 1.98. The molecule has 1 aromatic carbocycles. The molecule has 1 unspecified atom stereocenters. The molecule has 84 valence electrons. The van der Waals surface area contributed by atoms with Gasteiger partial charge in [-0.25, -0.2) is 0 Å². The van der Waals surface area contributed by atoms with Gasteiger partial charge in [0.15, 0.2) is 0 Å². The van der Waals surface area contributed by atoms with E-state index in [0.717, 1.165) is 21.5 Å². The summed E-state index contributed by atoms with van der Waals surface area (Å²) in [5, 5.41) is 8.86. The molecule has 0 N–H and O–H groups in total. The van der Waals surface area contributed by atoms with Crippen molar-refractivity contribution in [2.24, 2.45) is 0 Å². The summed E-state index contributed by atoms with van der Waals surface area (Å²) in [7, 11) is 0. The van der Waals surface area contributed by atoms with Crippen LogP contribution in [0.15, 0.2) is 34.1 Å². The van der Waals surface area contributed by atoms with Gasteiger partial charge in [-0.15, -0.1) is 11.3 Å². The van der Waals surface area contributed by atoms with Crippen molar-refractivity contribution in [1.82, 2.24) is 0 Å². The van der Waals surface area contributed by atoms with E-state index in [2.05, 4.69) is 28.1 Å². The Morgan fingerprint density at radius 3 is 2.94 bits per heavy atom. The van der Waals surface area contributed by atoms with E-state index in [-0.39, 0.29) is 6.10 Å². The van der Waals surface area contributed by atoms with Crippen LogP contribution in [0.2, 0.25) is 0 Å². The third-order valence-corrected chi connectivity index (χ3v) is 4.49. The number of rotatable bonds is 1. The van der Waals surface area contributed by atoms with E-state index in [1.165, 1.54) is 4.88 Å². The minimum Gasteiger partial charge on any atom is -0.484 e. The molecular formula is C13H8BrNOS. The quantitative estimate of drug-likeness (QED) is 0.796. The van der Waals surface area contributed by atoms with Crippen molar-refractivity contribution in [1.29, 1.82) is 5.26 Å². The van der Waals surface area contributed by atoms with Crippen molar-refractivity contribution >= 4 is 27.3 Å². The van der Waals surface area contributed by atoms with Crippen LogP contribution in [0.4, 0.5) is 0 Å². The minimum absolute atomic E-state index is 0.0928. The highest BCUT2D eigenvalue weighted by atomic mass is 79.9. The Kier molecular flexibility index (Phi) is 2.65. The van der Waals surface area contributed by atoms with Crippen molar-refractivity contribution in [3.05, 3.63) is 50.1 Å². The largest absolute Gasteiger partial charge is 0.484 e. The van der Waals surface area contributed by atoms with E-state index < -0.39 is 0 Å². The van der Waals surface area contributed by atoms with Crippen LogP contribution in [0.25, 0.3) is 0 Å². The Balaban J connectivity index is 1.90. The number of hydrogen-bond donors (Lipinski definition) is 0. The smallest absolute Gasteiger partial charge is 0.137 e. The molecule has 0 bridgehead atoms. The summed E-state index contributed by atoms with van der Waals surface area (Å²) in [6, 6.07) is 11.9. The zero-order valence-corrected chi connectivity index (χ0v) is 11.2. The lowest BCUT2D eigenvalue weighted by molar-refractivity contribution is 0.243. The second-order valence-corrected chi connectivity index (χ2v) is 6.38. The lowest BCUT2D eigenvalue weighted by Crippen LogP contribution is -1.99. The predicted octanol–water partition coefficient (Wildman–Crippen LogP) is 4.06. The van der Waals surface area contributed by atoms with E-state index in [4.69, 9.17) is 10.00 Å². The van der Waals surface area contributed by atoms with E-state index in [9.17, 15) is 0 Å². The Bertz CT molecular complexity index is 614. The van der Waals surface area contributed by atoms with E-state index >= 15 is 0 Å². The van der Waals surface area contributed by atoms with Crippen LogP contribution < -0.4 is 4.74 Å². The maximum Gasteiger partial charge on any atom is 0.137 e. The molecule has 2 heterocycles. The Labute approximate surface area is 112 Å². The number of halogens is 1. The first-order chi connectivity index (χ1) is 8.26. The summed E-state index contributed by atoms with van der Waals surface area (Å²) in [5.41, 5.74) is 1.82. The minimum atomic E-state index is 0.0928. The van der Waals surface area contributed by atoms with Gasteiger partial charge in [0, 0.05) is 11.3 Å². The lowest BCUT2D eigenvalue weighted by Gasteiger charge is -2.07. The number of ether oxygens (including phenoxy) is 1. The normalized spacial score (nSPS) is 17.3. The molecule has 1 aliphatic rings. The van der Waals surface area contributed by atoms with Gasteiger partial charge in [-0.05, 0) is 51.8 Å². The Hall–Kier alpha value is -1.31. The van der Waals surface area contributed by atoms with Gasteiger partial charge in [-0.1, -0.05) is 0 Å². The molecule has 3 rings (SSSR count). The molecule has 0 fully saturated rings. The first-order valence-electron chi connectivity index (χ1n) is 5.21. The first-order valence-corrected chi connectivity index (χ1v) is 6.82. The Morgan fingerprint density at radius 1 is 1.35 bits per heavy atom. The molecule has 0 amide bonds. The maximum atomic E-state index is 8.86. The second kappa shape index (κ2) is 4.17. The van der Waals surface area contributed by atoms with Crippen LogP contribution in [-0.2, 0) is 6.42 Å². The van der Waals surface area contributed by atoms with Crippen LogP contribution in [0.3, 0.4) is 0 Å². The lowest BCUT2D eigenvalue weighted by atomic mass is 10.1. The third kappa shape index (κ3) is 1.97. The van der Waals surface area contributed by atoms with Gasteiger partial charge in [-0.3, -0.25) is 0 Å². The SMILES string of the molecule is N#Cc1ccc2c(c1)CC(c1ccc(Br)s1)O2. The highest BCUT2D eigenvalue weighted by molar-refractivity contribution is 9.11. The van der Waals surface area contributed by atoms with Crippen LogP contribution in [0.1, 0.15) is 22.1 Å². The number of thiophene rings is 1. The standard InChI is InChI=1S/C13H8BrNOS/c14-13-4-3-12(17-13)11-6-9-5-8(7-15)1-2-10(9)16-11/h1-5,11H,6H2. The number of benzene rings is 1. The van der Waals surface area contributed by atoms with Crippen LogP contribution in [-0.4, -0.2) is 0 Å². The summed E-state index contributed by atoms with van der Waals surface area (Å²) in [6.07, 6.45) is 0.938. The molecule has 1 aliphatic heterocycles. The number of nitrogens with zero attached hydrogens (tertiary/aromatic N) is 1. The maximum absolute atomic E-state index is 8.86. The molecule has 1 atom stereocenters. The average molecular weight is 306 g/mol. The molecule has 2 nitrogen and oxygen atoms in total. The van der Waals surface area contributed by atoms with Crippen molar-refractivity contribution in [3.8, 4) is 11.8 Å². The number of nitriles is 1. The monoisotopic (exact) mass is 305 g/mol. The topological polar surface area (TPSA) is 33.0 Å². The summed E-state index contributed by atoms with van der Waals surface area (Å²) in [4.78, 5) is 1.21. The van der Waals surface area contributed by atoms with Crippen molar-refractivity contribution in [2.75, 3.05) is 0 Å². The van der Waals surface area contributed by atoms with Crippen molar-refractivity contribution in [3.63, 3.8) is 0 Å². The molecular weight excluding hydrogens is 298 g/mol. The van der Waals surface area contributed by atoms with Crippen LogP contribution >= 0.6 is 27.3 Å². The van der Waals surface area contributed by atoms with Gasteiger partial charge in [0.1, 0.15) is 11.9 Å². The third-order valence-electron chi connectivity index (χ3n) is 2.78. The van der Waals surface area contributed by atoms with Gasteiger partial charge in [0.05, 0.1) is 15.4 Å². The molecule has 1 aromatic heterocycles. The molecule has 0 saturated heterocycles. The van der Waals surface area contributed by atoms with Crippen LogP contribution in [0, 0.1) is 11.3 Å². The summed E-state index contributed by atoms with van der Waals surface area (Å²) in [6.45, 7) is 0. The van der Waals surface area contributed by atoms with Gasteiger partial charge in [-0.2, -0.15) is 5.26 Å². The van der Waals surface area contributed by atoms with Crippen molar-refractivity contribution < 1.29 is 4.74 Å². The highest BCUT2D eigenvalue weighted by Crippen LogP contribution is 2.40. The molecule has 0 saturated carbocycles. The fraction of sp³-hybridized carbons (Fsp3) is 0.154. The first kappa shape index (κ1) is 10.8. The molecule has 0 aliphatic carbocycles. The highest BCUT2D eigenvalue weighted by Gasteiger charge is 2.25. The van der Waals surface area contributed by atoms with Gasteiger partial charge in [0.25, 0.3) is 0 Å². The van der Waals surface area contributed by atoms with E-state index in [1.54, 1.807) is 17.4 Å². The molecule has 0 radical (unpaired) electrons. The van der Waals surface area contributed by atoms with E-state index in [1.807, 2.05) is 18.2 Å². The predicted molar refractivity (Wildman–Crippen MR) is 70.2 cm³/mol.